The van der Waals surface area contributed by atoms with Gasteiger partial charge in [-0.3, -0.25) is 9.48 Å². The van der Waals surface area contributed by atoms with Crippen molar-refractivity contribution in [3.05, 3.63) is 53.3 Å². The van der Waals surface area contributed by atoms with Crippen LogP contribution in [0, 0.1) is 0 Å². The van der Waals surface area contributed by atoms with Crippen LogP contribution in [0.25, 0.3) is 0 Å². The Hall–Kier alpha value is -2.39. The maximum atomic E-state index is 12.6. The van der Waals surface area contributed by atoms with Crippen LogP contribution in [0.1, 0.15) is 27.5 Å². The minimum absolute atomic E-state index is 0.0946. The Morgan fingerprint density at radius 2 is 2.08 bits per heavy atom. The first-order valence-electron chi connectivity index (χ1n) is 8.13. The van der Waals surface area contributed by atoms with Gasteiger partial charge < -0.3 is 15.4 Å². The van der Waals surface area contributed by atoms with Gasteiger partial charge in [0, 0.05) is 26.3 Å². The molecule has 0 saturated carbocycles. The number of halogens is 3. The number of amides is 1. The molecule has 3 rings (SSSR count). The van der Waals surface area contributed by atoms with Crippen molar-refractivity contribution in [2.24, 2.45) is 0 Å². The second-order valence-electron chi connectivity index (χ2n) is 6.06. The van der Waals surface area contributed by atoms with Crippen LogP contribution in [-0.2, 0) is 17.5 Å². The van der Waals surface area contributed by atoms with E-state index < -0.39 is 11.7 Å². The summed E-state index contributed by atoms with van der Waals surface area (Å²) in [4.78, 5) is 11.6. The van der Waals surface area contributed by atoms with Crippen molar-refractivity contribution in [1.82, 2.24) is 20.4 Å². The second kappa shape index (κ2) is 7.46. The average Bonchev–Trinajstić information content (AvgIpc) is 3.27. The molecule has 1 fully saturated rings. The highest BCUT2D eigenvalue weighted by molar-refractivity contribution is 5.93. The molecule has 0 radical (unpaired) electrons. The first kappa shape index (κ1) is 18.4. The summed E-state index contributed by atoms with van der Waals surface area (Å²) in [6, 6.07) is 4.83. The van der Waals surface area contributed by atoms with Gasteiger partial charge in [0.2, 0.25) is 0 Å². The highest BCUT2D eigenvalue weighted by atomic mass is 19.4. The quantitative estimate of drug-likeness (QED) is 0.847. The number of rotatable bonds is 5. The summed E-state index contributed by atoms with van der Waals surface area (Å²) in [6.07, 6.45) is -1.40. The maximum Gasteiger partial charge on any atom is 0.416 e. The lowest BCUT2D eigenvalue weighted by Gasteiger charge is -2.20. The summed E-state index contributed by atoms with van der Waals surface area (Å²) >= 11 is 0. The summed E-state index contributed by atoms with van der Waals surface area (Å²) in [5.41, 5.74) is 0.441. The summed E-state index contributed by atoms with van der Waals surface area (Å²) in [7, 11) is 1.55. The van der Waals surface area contributed by atoms with Gasteiger partial charge in [-0.15, -0.1) is 0 Å². The molecule has 1 aromatic carbocycles. The highest BCUT2D eigenvalue weighted by Gasteiger charge is 2.31. The van der Waals surface area contributed by atoms with E-state index in [1.165, 1.54) is 18.3 Å². The van der Waals surface area contributed by atoms with Crippen LogP contribution in [0.2, 0.25) is 0 Å². The molecule has 0 bridgehead atoms. The minimum atomic E-state index is -4.34. The summed E-state index contributed by atoms with van der Waals surface area (Å²) < 4.78 is 45.3. The van der Waals surface area contributed by atoms with Gasteiger partial charge >= 0.3 is 6.18 Å². The number of carbonyl (C=O) groups excluding carboxylic acids is 1. The molecule has 6 nitrogen and oxygen atoms in total. The van der Waals surface area contributed by atoms with Gasteiger partial charge in [0.1, 0.15) is 0 Å². The second-order valence-corrected chi connectivity index (χ2v) is 6.06. The van der Waals surface area contributed by atoms with E-state index in [1.54, 1.807) is 17.9 Å². The van der Waals surface area contributed by atoms with Crippen molar-refractivity contribution in [1.29, 1.82) is 0 Å². The van der Waals surface area contributed by atoms with E-state index in [9.17, 15) is 18.0 Å². The first-order chi connectivity index (χ1) is 12.4. The van der Waals surface area contributed by atoms with E-state index in [2.05, 4.69) is 15.7 Å². The fourth-order valence-electron chi connectivity index (χ4n) is 2.85. The molecule has 1 aliphatic heterocycles. The van der Waals surface area contributed by atoms with Crippen LogP contribution in [0.4, 0.5) is 13.2 Å². The molecule has 140 valence electrons. The first-order valence-corrected chi connectivity index (χ1v) is 8.13. The molecule has 2 atom stereocenters. The number of hydrogen-bond acceptors (Lipinski definition) is 4. The average molecular weight is 368 g/mol. The third-order valence-corrected chi connectivity index (χ3v) is 4.30. The molecule has 26 heavy (non-hydrogen) atoms. The Balaban J connectivity index is 1.62. The van der Waals surface area contributed by atoms with E-state index in [1.807, 2.05) is 0 Å². The fraction of sp³-hybridized carbons (Fsp3) is 0.412. The molecule has 1 aliphatic rings. The molecule has 2 unspecified atom stereocenters. The third kappa shape index (κ3) is 4.05. The van der Waals surface area contributed by atoms with Gasteiger partial charge in [-0.25, -0.2) is 0 Å². The number of benzene rings is 1. The van der Waals surface area contributed by atoms with Gasteiger partial charge in [-0.2, -0.15) is 18.3 Å². The highest BCUT2D eigenvalue weighted by Crippen LogP contribution is 2.29. The summed E-state index contributed by atoms with van der Waals surface area (Å²) in [5, 5.41) is 9.96. The van der Waals surface area contributed by atoms with E-state index in [0.29, 0.717) is 24.2 Å². The van der Waals surface area contributed by atoms with Crippen molar-refractivity contribution >= 4 is 5.91 Å². The molecule has 1 saturated heterocycles. The molecule has 1 aromatic heterocycles. The number of nitrogens with one attached hydrogen (secondary N) is 2. The van der Waals surface area contributed by atoms with Gasteiger partial charge in [-0.1, -0.05) is 12.1 Å². The van der Waals surface area contributed by atoms with Gasteiger partial charge in [-0.05, 0) is 17.7 Å². The molecule has 0 spiro atoms. The Morgan fingerprint density at radius 3 is 2.73 bits per heavy atom. The van der Waals surface area contributed by atoms with Crippen LogP contribution < -0.4 is 10.6 Å². The lowest BCUT2D eigenvalue weighted by atomic mass is 10.1. The van der Waals surface area contributed by atoms with E-state index in [4.69, 9.17) is 4.74 Å². The zero-order chi connectivity index (χ0) is 18.7. The number of ether oxygens (including phenoxy) is 1. The fourth-order valence-corrected chi connectivity index (χ4v) is 2.85. The standard InChI is InChI=1S/C17H19F3N4O2/c1-21-16(25)12-6-23-24(9-12)14-7-22-8-15(14)26-10-11-2-4-13(5-3-11)17(18,19)20/h2-6,9,14-15,22H,7-8,10H2,1H3,(H,21,25). The minimum Gasteiger partial charge on any atom is -0.370 e. The lowest BCUT2D eigenvalue weighted by molar-refractivity contribution is -0.137. The van der Waals surface area contributed by atoms with Crippen molar-refractivity contribution in [2.45, 2.75) is 24.9 Å². The van der Waals surface area contributed by atoms with Crippen molar-refractivity contribution in [2.75, 3.05) is 20.1 Å². The normalized spacial score (nSPS) is 20.3. The predicted molar refractivity (Wildman–Crippen MR) is 87.5 cm³/mol. The number of alkyl halides is 3. The summed E-state index contributed by atoms with van der Waals surface area (Å²) in [6.45, 7) is 1.43. The molecule has 2 aromatic rings. The van der Waals surface area contributed by atoms with Crippen LogP contribution in [0.3, 0.4) is 0 Å². The van der Waals surface area contributed by atoms with E-state index >= 15 is 0 Å². The molecule has 2 N–H and O–H groups in total. The van der Waals surface area contributed by atoms with Gasteiger partial charge in [0.15, 0.2) is 0 Å². The van der Waals surface area contributed by atoms with Gasteiger partial charge in [0.25, 0.3) is 5.91 Å². The van der Waals surface area contributed by atoms with Crippen molar-refractivity contribution in [3.63, 3.8) is 0 Å². The number of aromatic nitrogens is 2. The molecule has 0 aliphatic carbocycles. The predicted octanol–water partition coefficient (Wildman–Crippen LogP) is 1.99. The van der Waals surface area contributed by atoms with Crippen LogP contribution in [0.15, 0.2) is 36.7 Å². The Kier molecular flexibility index (Phi) is 5.28. The SMILES string of the molecule is CNC(=O)c1cnn(C2CNCC2OCc2ccc(C(F)(F)F)cc2)c1. The van der Waals surface area contributed by atoms with Gasteiger partial charge in [0.05, 0.1) is 36.1 Å². The largest absolute Gasteiger partial charge is 0.416 e. The van der Waals surface area contributed by atoms with Crippen LogP contribution in [0.5, 0.6) is 0 Å². The van der Waals surface area contributed by atoms with E-state index in [0.717, 1.165) is 12.1 Å². The topological polar surface area (TPSA) is 68.2 Å². The monoisotopic (exact) mass is 368 g/mol. The Bertz CT molecular complexity index is 758. The zero-order valence-electron chi connectivity index (χ0n) is 14.1. The molecule has 1 amide bonds. The van der Waals surface area contributed by atoms with Crippen molar-refractivity contribution < 1.29 is 22.7 Å². The zero-order valence-corrected chi connectivity index (χ0v) is 14.1. The third-order valence-electron chi connectivity index (χ3n) is 4.30. The molecular weight excluding hydrogens is 349 g/mol. The van der Waals surface area contributed by atoms with Crippen LogP contribution in [-0.4, -0.2) is 41.9 Å². The number of carbonyl (C=O) groups is 1. The smallest absolute Gasteiger partial charge is 0.370 e. The van der Waals surface area contributed by atoms with Crippen LogP contribution >= 0.6 is 0 Å². The molecule has 2 heterocycles. The molecular formula is C17H19F3N4O2. The van der Waals surface area contributed by atoms with E-state index in [-0.39, 0.29) is 24.7 Å². The Labute approximate surface area is 148 Å². The summed E-state index contributed by atoms with van der Waals surface area (Å²) in [5.74, 6) is -0.218. The number of hydrogen-bond donors (Lipinski definition) is 2. The van der Waals surface area contributed by atoms with Crippen molar-refractivity contribution in [3.8, 4) is 0 Å². The molecule has 9 heteroatoms. The number of nitrogens with zero attached hydrogens (tertiary/aromatic N) is 2. The maximum absolute atomic E-state index is 12.6. The Morgan fingerprint density at radius 1 is 1.35 bits per heavy atom. The lowest BCUT2D eigenvalue weighted by Crippen LogP contribution is -2.26.